The average Bonchev–Trinajstić information content (AvgIpc) is 2.55. The van der Waals surface area contributed by atoms with Crippen LogP contribution < -0.4 is 10.7 Å². The predicted octanol–water partition coefficient (Wildman–Crippen LogP) is 3.79. The van der Waals surface area contributed by atoms with Gasteiger partial charge in [0.15, 0.2) is 0 Å². The van der Waals surface area contributed by atoms with Crippen LogP contribution in [0.25, 0.3) is 6.08 Å². The average molecular weight is 328 g/mol. The van der Waals surface area contributed by atoms with Gasteiger partial charge in [-0.1, -0.05) is 59.6 Å². The maximum Gasteiger partial charge on any atom is 0.259 e. The molecule has 1 amide bonds. The van der Waals surface area contributed by atoms with Crippen LogP contribution >= 0.6 is 11.6 Å². The zero-order valence-electron chi connectivity index (χ0n) is 12.8. The summed E-state index contributed by atoms with van der Waals surface area (Å²) >= 11 is 6.03. The zero-order valence-corrected chi connectivity index (χ0v) is 13.5. The molecule has 2 aromatic carbocycles. The third-order valence-corrected chi connectivity index (χ3v) is 3.19. The van der Waals surface area contributed by atoms with Gasteiger partial charge in [0.1, 0.15) is 0 Å². The summed E-state index contributed by atoms with van der Waals surface area (Å²) in [6.45, 7) is 2.15. The first kappa shape index (κ1) is 16.8. The lowest BCUT2D eigenvalue weighted by Gasteiger charge is -2.05. The Kier molecular flexibility index (Phi) is 6.39. The van der Waals surface area contributed by atoms with Gasteiger partial charge in [0.2, 0.25) is 0 Å². The number of aryl methyl sites for hydroxylation is 1. The Labute approximate surface area is 140 Å². The van der Waals surface area contributed by atoms with E-state index in [4.69, 9.17) is 11.6 Å². The number of nitrogens with one attached hydrogen (secondary N) is 2. The van der Waals surface area contributed by atoms with Gasteiger partial charge in [-0.05, 0) is 30.7 Å². The normalized spacial score (nSPS) is 11.5. The van der Waals surface area contributed by atoms with E-state index in [9.17, 15) is 4.79 Å². The van der Waals surface area contributed by atoms with Gasteiger partial charge in [0, 0.05) is 5.69 Å². The molecule has 0 aliphatic carbocycles. The summed E-state index contributed by atoms with van der Waals surface area (Å²) in [5.41, 5.74) is 5.45. The Bertz CT molecular complexity index is 694. The molecule has 0 unspecified atom stereocenters. The number of anilines is 1. The number of amides is 1. The molecule has 5 heteroatoms. The maximum absolute atomic E-state index is 11.7. The van der Waals surface area contributed by atoms with Gasteiger partial charge in [-0.3, -0.25) is 4.79 Å². The standard InChI is InChI=1S/C18H18ClN3O/c1-14-7-9-17(10-8-14)20-13-18(23)22-21-12-16(19)11-15-5-3-2-4-6-15/h2-12,20H,13H2,1H3,(H,22,23)/b16-11-,21-12-. The molecule has 0 aromatic heterocycles. The molecular formula is C18H18ClN3O. The van der Waals surface area contributed by atoms with E-state index in [2.05, 4.69) is 15.8 Å². The summed E-state index contributed by atoms with van der Waals surface area (Å²) < 4.78 is 0. The fraction of sp³-hybridized carbons (Fsp3) is 0.111. The Hall–Kier alpha value is -2.59. The number of hydrogen-bond acceptors (Lipinski definition) is 3. The number of allylic oxidation sites excluding steroid dienone is 1. The topological polar surface area (TPSA) is 53.5 Å². The second-order valence-corrected chi connectivity index (χ2v) is 5.39. The summed E-state index contributed by atoms with van der Waals surface area (Å²) in [6, 6.07) is 17.4. The van der Waals surface area contributed by atoms with Crippen LogP contribution in [0.2, 0.25) is 0 Å². The van der Waals surface area contributed by atoms with Crippen molar-refractivity contribution in [2.75, 3.05) is 11.9 Å². The maximum atomic E-state index is 11.7. The number of benzene rings is 2. The Morgan fingerprint density at radius 2 is 1.83 bits per heavy atom. The van der Waals surface area contributed by atoms with Gasteiger partial charge in [-0.15, -0.1) is 0 Å². The number of rotatable bonds is 6. The summed E-state index contributed by atoms with van der Waals surface area (Å²) in [7, 11) is 0. The first-order chi connectivity index (χ1) is 11.1. The van der Waals surface area contributed by atoms with Crippen molar-refractivity contribution < 1.29 is 4.79 Å². The highest BCUT2D eigenvalue weighted by Crippen LogP contribution is 2.08. The van der Waals surface area contributed by atoms with Gasteiger partial charge in [-0.2, -0.15) is 5.10 Å². The molecule has 0 fully saturated rings. The van der Waals surface area contributed by atoms with Gasteiger partial charge >= 0.3 is 0 Å². The lowest BCUT2D eigenvalue weighted by molar-refractivity contribution is -0.119. The van der Waals surface area contributed by atoms with Crippen molar-refractivity contribution in [2.45, 2.75) is 6.92 Å². The number of carbonyl (C=O) groups is 1. The largest absolute Gasteiger partial charge is 0.376 e. The van der Waals surface area contributed by atoms with E-state index in [1.807, 2.05) is 61.5 Å². The Morgan fingerprint density at radius 3 is 2.52 bits per heavy atom. The van der Waals surface area contributed by atoms with E-state index in [0.717, 1.165) is 11.3 Å². The Balaban J connectivity index is 1.77. The molecule has 0 aliphatic heterocycles. The number of carbonyl (C=O) groups excluding carboxylic acids is 1. The fourth-order valence-corrected chi connectivity index (χ4v) is 1.98. The van der Waals surface area contributed by atoms with E-state index in [-0.39, 0.29) is 12.5 Å². The molecule has 0 spiro atoms. The van der Waals surface area contributed by atoms with Gasteiger partial charge in [0.25, 0.3) is 5.91 Å². The third-order valence-electron chi connectivity index (χ3n) is 2.99. The number of nitrogens with zero attached hydrogens (tertiary/aromatic N) is 1. The molecule has 23 heavy (non-hydrogen) atoms. The first-order valence-electron chi connectivity index (χ1n) is 7.18. The minimum Gasteiger partial charge on any atom is -0.376 e. The molecule has 2 rings (SSSR count). The van der Waals surface area contributed by atoms with Crippen LogP contribution in [-0.4, -0.2) is 18.7 Å². The molecule has 0 heterocycles. The highest BCUT2D eigenvalue weighted by molar-refractivity contribution is 6.41. The third kappa shape index (κ3) is 6.36. The summed E-state index contributed by atoms with van der Waals surface area (Å²) in [6.07, 6.45) is 3.17. The lowest BCUT2D eigenvalue weighted by atomic mass is 10.2. The zero-order chi connectivity index (χ0) is 16.5. The molecule has 2 N–H and O–H groups in total. The van der Waals surface area contributed by atoms with Gasteiger partial charge in [-0.25, -0.2) is 5.43 Å². The Morgan fingerprint density at radius 1 is 1.13 bits per heavy atom. The van der Waals surface area contributed by atoms with Gasteiger partial charge in [0.05, 0.1) is 17.8 Å². The molecule has 0 saturated carbocycles. The quantitative estimate of drug-likeness (QED) is 0.626. The van der Waals surface area contributed by atoms with Crippen LogP contribution in [0, 0.1) is 6.92 Å². The molecule has 0 bridgehead atoms. The lowest BCUT2D eigenvalue weighted by Crippen LogP contribution is -2.25. The smallest absolute Gasteiger partial charge is 0.259 e. The van der Waals surface area contributed by atoms with Crippen molar-refractivity contribution in [2.24, 2.45) is 5.10 Å². The molecule has 118 valence electrons. The second kappa shape index (κ2) is 8.76. The van der Waals surface area contributed by atoms with E-state index >= 15 is 0 Å². The number of halogens is 1. The van der Waals surface area contributed by atoms with Crippen molar-refractivity contribution in [1.82, 2.24) is 5.43 Å². The van der Waals surface area contributed by atoms with E-state index in [1.54, 1.807) is 6.08 Å². The highest BCUT2D eigenvalue weighted by atomic mass is 35.5. The molecular weight excluding hydrogens is 310 g/mol. The van der Waals surface area contributed by atoms with Crippen LogP contribution in [0.5, 0.6) is 0 Å². The molecule has 0 saturated heterocycles. The minimum atomic E-state index is -0.244. The van der Waals surface area contributed by atoms with Crippen molar-refractivity contribution in [3.05, 3.63) is 70.8 Å². The first-order valence-corrected chi connectivity index (χ1v) is 7.56. The monoisotopic (exact) mass is 327 g/mol. The van der Waals surface area contributed by atoms with E-state index in [0.29, 0.717) is 5.03 Å². The minimum absolute atomic E-state index is 0.139. The van der Waals surface area contributed by atoms with Crippen LogP contribution in [0.4, 0.5) is 5.69 Å². The van der Waals surface area contributed by atoms with Crippen LogP contribution in [0.3, 0.4) is 0 Å². The van der Waals surface area contributed by atoms with Crippen LogP contribution in [0.15, 0.2) is 64.7 Å². The van der Waals surface area contributed by atoms with E-state index in [1.165, 1.54) is 11.8 Å². The van der Waals surface area contributed by atoms with Crippen molar-refractivity contribution in [3.8, 4) is 0 Å². The molecule has 4 nitrogen and oxygen atoms in total. The fourth-order valence-electron chi connectivity index (χ4n) is 1.80. The molecule has 0 atom stereocenters. The number of hydrogen-bond donors (Lipinski definition) is 2. The van der Waals surface area contributed by atoms with Crippen LogP contribution in [0.1, 0.15) is 11.1 Å². The SMILES string of the molecule is Cc1ccc(NCC(=O)N/N=C\C(Cl)=C\c2ccccc2)cc1. The second-order valence-electron chi connectivity index (χ2n) is 4.95. The van der Waals surface area contributed by atoms with E-state index < -0.39 is 0 Å². The van der Waals surface area contributed by atoms with Gasteiger partial charge < -0.3 is 5.32 Å². The van der Waals surface area contributed by atoms with Crippen molar-refractivity contribution >= 4 is 35.5 Å². The number of hydrazone groups is 1. The van der Waals surface area contributed by atoms with Crippen molar-refractivity contribution in [3.63, 3.8) is 0 Å². The van der Waals surface area contributed by atoms with Crippen molar-refractivity contribution in [1.29, 1.82) is 0 Å². The van der Waals surface area contributed by atoms with Crippen LogP contribution in [-0.2, 0) is 4.79 Å². The summed E-state index contributed by atoms with van der Waals surface area (Å²) in [5, 5.41) is 7.28. The predicted molar refractivity (Wildman–Crippen MR) is 96.6 cm³/mol. The molecule has 2 aromatic rings. The summed E-state index contributed by atoms with van der Waals surface area (Å²) in [5.74, 6) is -0.244. The molecule has 0 aliphatic rings. The summed E-state index contributed by atoms with van der Waals surface area (Å²) in [4.78, 5) is 11.7. The molecule has 0 radical (unpaired) electrons. The highest BCUT2D eigenvalue weighted by Gasteiger charge is 1.99.